The summed E-state index contributed by atoms with van der Waals surface area (Å²) in [5.74, 6) is 1.93. The number of rotatable bonds is 8. The lowest BCUT2D eigenvalue weighted by atomic mass is 9.90. The lowest BCUT2D eigenvalue weighted by Gasteiger charge is -2.15. The average molecular weight is 535 g/mol. The third-order valence-corrected chi connectivity index (χ3v) is 8.17. The first-order valence-electron chi connectivity index (χ1n) is 12.4. The SMILES string of the molecule is CCOc1cc(/C=N\NC(=O)[C@@H]2[C@H]3CCCC[C@]32C)cc(Br)c1OCc1cccc2ccccc12. The van der Waals surface area contributed by atoms with Crippen molar-refractivity contribution >= 4 is 38.8 Å². The molecular formula is C29H31BrN2O3. The second-order valence-electron chi connectivity index (χ2n) is 9.76. The lowest BCUT2D eigenvalue weighted by molar-refractivity contribution is -0.123. The second kappa shape index (κ2) is 10.0. The van der Waals surface area contributed by atoms with Crippen molar-refractivity contribution in [1.82, 2.24) is 5.43 Å². The number of carbonyl (C=O) groups excluding carboxylic acids is 1. The fourth-order valence-electron chi connectivity index (χ4n) is 5.72. The molecule has 5 nitrogen and oxygen atoms in total. The van der Waals surface area contributed by atoms with Gasteiger partial charge in [0.05, 0.1) is 17.3 Å². The van der Waals surface area contributed by atoms with E-state index in [1.165, 1.54) is 23.6 Å². The summed E-state index contributed by atoms with van der Waals surface area (Å²) in [5.41, 5.74) is 4.87. The van der Waals surface area contributed by atoms with Crippen LogP contribution in [0.4, 0.5) is 0 Å². The quantitative estimate of drug-likeness (QED) is 0.253. The summed E-state index contributed by atoms with van der Waals surface area (Å²) in [6.45, 7) is 5.12. The molecule has 0 aliphatic heterocycles. The fraction of sp³-hybridized carbons (Fsp3) is 0.379. The summed E-state index contributed by atoms with van der Waals surface area (Å²) in [6.07, 6.45) is 6.42. The van der Waals surface area contributed by atoms with Crippen molar-refractivity contribution in [3.8, 4) is 11.5 Å². The van der Waals surface area contributed by atoms with E-state index in [9.17, 15) is 4.79 Å². The van der Waals surface area contributed by atoms with Crippen molar-refractivity contribution in [2.75, 3.05) is 6.61 Å². The Balaban J connectivity index is 1.28. The maximum absolute atomic E-state index is 12.7. The van der Waals surface area contributed by atoms with Gasteiger partial charge in [-0.25, -0.2) is 5.43 Å². The normalized spacial score (nSPS) is 23.2. The minimum absolute atomic E-state index is 0.0368. The lowest BCUT2D eigenvalue weighted by Crippen LogP contribution is -2.22. The van der Waals surface area contributed by atoms with Gasteiger partial charge >= 0.3 is 0 Å². The van der Waals surface area contributed by atoms with Crippen LogP contribution in [0.25, 0.3) is 10.8 Å². The number of hydrogen-bond donors (Lipinski definition) is 1. The molecule has 0 spiro atoms. The van der Waals surface area contributed by atoms with Crippen LogP contribution in [-0.2, 0) is 11.4 Å². The Morgan fingerprint density at radius 1 is 1.17 bits per heavy atom. The number of ether oxygens (including phenoxy) is 2. The van der Waals surface area contributed by atoms with Gasteiger partial charge in [0.25, 0.3) is 0 Å². The second-order valence-corrected chi connectivity index (χ2v) is 10.6. The van der Waals surface area contributed by atoms with Crippen LogP contribution in [0.5, 0.6) is 11.5 Å². The van der Waals surface area contributed by atoms with Gasteiger partial charge in [-0.05, 0) is 81.1 Å². The molecular weight excluding hydrogens is 504 g/mol. The van der Waals surface area contributed by atoms with Crippen LogP contribution in [0.3, 0.4) is 0 Å². The molecule has 2 aliphatic carbocycles. The molecule has 3 aromatic rings. The van der Waals surface area contributed by atoms with Crippen LogP contribution in [0.1, 0.15) is 50.7 Å². The predicted octanol–water partition coefficient (Wildman–Crippen LogP) is 6.86. The summed E-state index contributed by atoms with van der Waals surface area (Å²) in [4.78, 5) is 12.7. The van der Waals surface area contributed by atoms with Gasteiger partial charge in [0.1, 0.15) is 6.61 Å². The van der Waals surface area contributed by atoms with Crippen molar-refractivity contribution in [3.05, 3.63) is 70.2 Å². The molecule has 0 heterocycles. The predicted molar refractivity (Wildman–Crippen MR) is 143 cm³/mol. The summed E-state index contributed by atoms with van der Waals surface area (Å²) in [5, 5.41) is 6.61. The summed E-state index contributed by atoms with van der Waals surface area (Å²) in [7, 11) is 0. The molecule has 0 radical (unpaired) electrons. The molecule has 3 aromatic carbocycles. The van der Waals surface area contributed by atoms with Crippen LogP contribution in [0, 0.1) is 17.3 Å². The zero-order valence-electron chi connectivity index (χ0n) is 20.2. The summed E-state index contributed by atoms with van der Waals surface area (Å²) in [6, 6.07) is 18.3. The number of fused-ring (bicyclic) bond motifs is 2. The largest absolute Gasteiger partial charge is 0.490 e. The van der Waals surface area contributed by atoms with E-state index in [0.29, 0.717) is 30.6 Å². The van der Waals surface area contributed by atoms with Gasteiger partial charge in [-0.15, -0.1) is 0 Å². The number of carbonyl (C=O) groups is 1. The van der Waals surface area contributed by atoms with E-state index in [2.05, 4.69) is 57.6 Å². The maximum atomic E-state index is 12.7. The van der Waals surface area contributed by atoms with E-state index in [-0.39, 0.29) is 17.2 Å². The Bertz CT molecular complexity index is 1270. The van der Waals surface area contributed by atoms with Gasteiger partial charge in [-0.2, -0.15) is 5.10 Å². The molecule has 6 heteroatoms. The number of hydrazone groups is 1. The maximum Gasteiger partial charge on any atom is 0.244 e. The van der Waals surface area contributed by atoms with E-state index >= 15 is 0 Å². The Kier molecular flexibility index (Phi) is 6.83. The number of nitrogens with one attached hydrogen (secondary N) is 1. The monoisotopic (exact) mass is 534 g/mol. The highest BCUT2D eigenvalue weighted by molar-refractivity contribution is 9.10. The minimum atomic E-state index is 0.0368. The Hall–Kier alpha value is -2.86. The first-order chi connectivity index (χ1) is 17.0. The van der Waals surface area contributed by atoms with Gasteiger partial charge < -0.3 is 9.47 Å². The fourth-order valence-corrected chi connectivity index (χ4v) is 6.30. The van der Waals surface area contributed by atoms with Crippen LogP contribution in [-0.4, -0.2) is 18.7 Å². The Morgan fingerprint density at radius 3 is 2.80 bits per heavy atom. The Labute approximate surface area is 215 Å². The van der Waals surface area contributed by atoms with E-state index < -0.39 is 0 Å². The molecule has 1 amide bonds. The molecule has 182 valence electrons. The molecule has 0 saturated heterocycles. The third-order valence-electron chi connectivity index (χ3n) is 7.59. The van der Waals surface area contributed by atoms with Crippen LogP contribution >= 0.6 is 15.9 Å². The van der Waals surface area contributed by atoms with Gasteiger partial charge in [0.2, 0.25) is 5.91 Å². The number of halogens is 1. The van der Waals surface area contributed by atoms with Crippen molar-refractivity contribution in [2.24, 2.45) is 22.4 Å². The molecule has 35 heavy (non-hydrogen) atoms. The van der Waals surface area contributed by atoms with Crippen molar-refractivity contribution in [3.63, 3.8) is 0 Å². The highest BCUT2D eigenvalue weighted by Gasteiger charge is 2.64. The van der Waals surface area contributed by atoms with Crippen molar-refractivity contribution in [2.45, 2.75) is 46.1 Å². The minimum Gasteiger partial charge on any atom is -0.490 e. The van der Waals surface area contributed by atoms with Crippen LogP contribution < -0.4 is 14.9 Å². The average Bonchev–Trinajstić information content (AvgIpc) is 3.49. The van der Waals surface area contributed by atoms with Gasteiger partial charge in [-0.1, -0.05) is 62.2 Å². The van der Waals surface area contributed by atoms with Crippen LogP contribution in [0.2, 0.25) is 0 Å². The van der Waals surface area contributed by atoms with Gasteiger partial charge in [0.15, 0.2) is 11.5 Å². The highest BCUT2D eigenvalue weighted by Crippen LogP contribution is 2.66. The first kappa shape index (κ1) is 23.9. The topological polar surface area (TPSA) is 59.9 Å². The van der Waals surface area contributed by atoms with E-state index in [1.807, 2.05) is 37.3 Å². The molecule has 0 aromatic heterocycles. The standard InChI is InChI=1S/C29H31BrN2O3/c1-3-34-25-16-19(17-31-32-28(33)26-23-13-6-7-14-29(23,26)2)15-24(30)27(25)35-18-21-11-8-10-20-9-4-5-12-22(20)21/h4-5,8-12,15-17,23,26H,3,6-7,13-14,18H2,1-2H3,(H,32,33)/b31-17-/t23-,26+,29-/m1/s1. The van der Waals surface area contributed by atoms with Gasteiger partial charge in [0, 0.05) is 5.92 Å². The zero-order valence-corrected chi connectivity index (χ0v) is 21.8. The molecule has 0 unspecified atom stereocenters. The summed E-state index contributed by atoms with van der Waals surface area (Å²) >= 11 is 3.64. The Morgan fingerprint density at radius 2 is 2.00 bits per heavy atom. The number of amides is 1. The van der Waals surface area contributed by atoms with E-state index in [4.69, 9.17) is 9.47 Å². The highest BCUT2D eigenvalue weighted by atomic mass is 79.9. The third kappa shape index (κ3) is 4.81. The molecule has 2 fully saturated rings. The number of hydrogen-bond acceptors (Lipinski definition) is 4. The number of nitrogens with zero attached hydrogens (tertiary/aromatic N) is 1. The molecule has 0 bridgehead atoms. The van der Waals surface area contributed by atoms with Crippen molar-refractivity contribution in [1.29, 1.82) is 0 Å². The molecule has 1 N–H and O–H groups in total. The van der Waals surface area contributed by atoms with Gasteiger partial charge in [-0.3, -0.25) is 4.79 Å². The smallest absolute Gasteiger partial charge is 0.244 e. The zero-order chi connectivity index (χ0) is 24.4. The van der Waals surface area contributed by atoms with E-state index in [1.54, 1.807) is 6.21 Å². The van der Waals surface area contributed by atoms with Crippen molar-refractivity contribution < 1.29 is 14.3 Å². The molecule has 2 aliphatic rings. The summed E-state index contributed by atoms with van der Waals surface area (Å²) < 4.78 is 12.9. The van der Waals surface area contributed by atoms with E-state index in [0.717, 1.165) is 28.4 Å². The molecule has 2 saturated carbocycles. The number of benzene rings is 3. The van der Waals surface area contributed by atoms with Crippen LogP contribution in [0.15, 0.2) is 64.2 Å². The first-order valence-corrected chi connectivity index (χ1v) is 13.2. The molecule has 3 atom stereocenters. The molecule has 5 rings (SSSR count).